The van der Waals surface area contributed by atoms with Crippen LogP contribution in [-0.4, -0.2) is 66.0 Å². The van der Waals surface area contributed by atoms with E-state index >= 15 is 0 Å². The molecule has 3 fully saturated rings. The van der Waals surface area contributed by atoms with Gasteiger partial charge in [0, 0.05) is 57.6 Å². The van der Waals surface area contributed by atoms with Crippen LogP contribution in [0.2, 0.25) is 0 Å². The summed E-state index contributed by atoms with van der Waals surface area (Å²) >= 11 is 0. The molecular formula is C18H27N3O3. The van der Waals surface area contributed by atoms with Crippen molar-refractivity contribution in [3.05, 3.63) is 18.0 Å². The maximum absolute atomic E-state index is 6.13. The monoisotopic (exact) mass is 333 g/mol. The fraction of sp³-hybridized carbons (Fsp3) is 0.778. The Morgan fingerprint density at radius 3 is 2.88 bits per heavy atom. The fourth-order valence-corrected chi connectivity index (χ4v) is 4.13. The summed E-state index contributed by atoms with van der Waals surface area (Å²) in [6.07, 6.45) is 6.16. The summed E-state index contributed by atoms with van der Waals surface area (Å²) in [5.41, 5.74) is 0.922. The van der Waals surface area contributed by atoms with Crippen LogP contribution >= 0.6 is 0 Å². The average molecular weight is 333 g/mol. The number of aryl methyl sites for hydroxylation is 1. The minimum atomic E-state index is -0.0160. The van der Waals surface area contributed by atoms with E-state index in [0.717, 1.165) is 57.4 Å². The Kier molecular flexibility index (Phi) is 4.70. The first kappa shape index (κ1) is 16.2. The molecule has 1 atom stereocenters. The van der Waals surface area contributed by atoms with E-state index in [2.05, 4.69) is 14.9 Å². The van der Waals surface area contributed by atoms with Gasteiger partial charge in [0.05, 0.1) is 12.2 Å². The van der Waals surface area contributed by atoms with Gasteiger partial charge in [-0.15, -0.1) is 0 Å². The lowest BCUT2D eigenvalue weighted by atomic mass is 9.83. The molecular weight excluding hydrogens is 306 g/mol. The van der Waals surface area contributed by atoms with Crippen molar-refractivity contribution in [2.75, 3.05) is 39.5 Å². The van der Waals surface area contributed by atoms with Crippen LogP contribution in [0.15, 0.2) is 12.3 Å². The lowest BCUT2D eigenvalue weighted by Gasteiger charge is -2.53. The van der Waals surface area contributed by atoms with Gasteiger partial charge in [-0.05, 0) is 31.7 Å². The number of nitrogens with zero attached hydrogens (tertiary/aromatic N) is 3. The third-order valence-corrected chi connectivity index (χ3v) is 5.37. The van der Waals surface area contributed by atoms with Gasteiger partial charge in [0.2, 0.25) is 0 Å². The molecule has 6 heteroatoms. The van der Waals surface area contributed by atoms with E-state index in [1.807, 2.05) is 13.0 Å². The number of rotatable bonds is 4. The lowest BCUT2D eigenvalue weighted by Crippen LogP contribution is -2.66. The highest BCUT2D eigenvalue weighted by Crippen LogP contribution is 2.36. The Morgan fingerprint density at radius 2 is 2.08 bits per heavy atom. The summed E-state index contributed by atoms with van der Waals surface area (Å²) in [6, 6.07) is 2.38. The van der Waals surface area contributed by atoms with Gasteiger partial charge in [0.15, 0.2) is 0 Å². The Labute approximate surface area is 143 Å². The van der Waals surface area contributed by atoms with Crippen LogP contribution in [0.3, 0.4) is 0 Å². The molecule has 3 saturated heterocycles. The van der Waals surface area contributed by atoms with Crippen LogP contribution in [0.1, 0.15) is 31.4 Å². The topological polar surface area (TPSA) is 56.7 Å². The minimum absolute atomic E-state index is 0.0160. The normalized spacial score (nSPS) is 27.8. The zero-order valence-corrected chi connectivity index (χ0v) is 14.4. The largest absolute Gasteiger partial charge is 0.460 e. The van der Waals surface area contributed by atoms with Crippen molar-refractivity contribution in [2.24, 2.45) is 5.92 Å². The van der Waals surface area contributed by atoms with Gasteiger partial charge in [0.1, 0.15) is 6.10 Å². The second-order valence-corrected chi connectivity index (χ2v) is 7.47. The summed E-state index contributed by atoms with van der Waals surface area (Å²) in [6.45, 7) is 7.81. The molecule has 0 aromatic carbocycles. The van der Waals surface area contributed by atoms with Crippen molar-refractivity contribution >= 4 is 0 Å². The highest BCUT2D eigenvalue weighted by molar-refractivity contribution is 5.06. The second kappa shape index (κ2) is 6.94. The van der Waals surface area contributed by atoms with Crippen molar-refractivity contribution in [1.82, 2.24) is 14.9 Å². The highest BCUT2D eigenvalue weighted by atomic mass is 16.5. The summed E-state index contributed by atoms with van der Waals surface area (Å²) in [5, 5.41) is 0. The van der Waals surface area contributed by atoms with E-state index in [-0.39, 0.29) is 11.7 Å². The van der Waals surface area contributed by atoms with Crippen molar-refractivity contribution in [3.8, 4) is 6.01 Å². The first-order valence-electron chi connectivity index (χ1n) is 9.11. The maximum atomic E-state index is 6.13. The van der Waals surface area contributed by atoms with Crippen molar-refractivity contribution < 1.29 is 14.2 Å². The fourth-order valence-electron chi connectivity index (χ4n) is 4.13. The molecule has 4 heterocycles. The van der Waals surface area contributed by atoms with Crippen LogP contribution < -0.4 is 4.74 Å². The van der Waals surface area contributed by atoms with E-state index in [0.29, 0.717) is 6.01 Å². The first-order chi connectivity index (χ1) is 11.7. The molecule has 0 radical (unpaired) electrons. The molecule has 0 N–H and O–H groups in total. The zero-order valence-electron chi connectivity index (χ0n) is 14.4. The third kappa shape index (κ3) is 3.71. The van der Waals surface area contributed by atoms with Crippen LogP contribution in [0.25, 0.3) is 0 Å². The van der Waals surface area contributed by atoms with E-state index < -0.39 is 0 Å². The van der Waals surface area contributed by atoms with Crippen molar-refractivity contribution in [1.29, 1.82) is 0 Å². The predicted molar refractivity (Wildman–Crippen MR) is 89.1 cm³/mol. The summed E-state index contributed by atoms with van der Waals surface area (Å²) in [7, 11) is 0. The SMILES string of the molecule is Cc1ccnc(O[C@@H]2CCOC3(C2)CN(CC2CCOCC2)C3)n1. The molecule has 3 aliphatic rings. The van der Waals surface area contributed by atoms with E-state index in [1.165, 1.54) is 19.4 Å². The second-order valence-electron chi connectivity index (χ2n) is 7.47. The molecule has 0 unspecified atom stereocenters. The average Bonchev–Trinajstić information content (AvgIpc) is 2.55. The highest BCUT2D eigenvalue weighted by Gasteiger charge is 2.48. The summed E-state index contributed by atoms with van der Waals surface area (Å²) < 4.78 is 17.6. The van der Waals surface area contributed by atoms with Crippen LogP contribution in [-0.2, 0) is 9.47 Å². The van der Waals surface area contributed by atoms with Crippen LogP contribution in [0.4, 0.5) is 0 Å². The summed E-state index contributed by atoms with van der Waals surface area (Å²) in [5.74, 6) is 0.785. The molecule has 4 rings (SSSR count). The van der Waals surface area contributed by atoms with Gasteiger partial charge in [0.25, 0.3) is 0 Å². The molecule has 1 aromatic rings. The molecule has 0 bridgehead atoms. The Morgan fingerprint density at radius 1 is 1.25 bits per heavy atom. The van der Waals surface area contributed by atoms with E-state index in [1.54, 1.807) is 6.20 Å². The van der Waals surface area contributed by atoms with Gasteiger partial charge >= 0.3 is 6.01 Å². The Balaban J connectivity index is 1.28. The van der Waals surface area contributed by atoms with Gasteiger partial charge in [-0.3, -0.25) is 4.90 Å². The van der Waals surface area contributed by atoms with Crippen LogP contribution in [0, 0.1) is 12.8 Å². The molecule has 0 saturated carbocycles. The minimum Gasteiger partial charge on any atom is -0.460 e. The molecule has 6 nitrogen and oxygen atoms in total. The predicted octanol–water partition coefficient (Wildman–Crippen LogP) is 1.82. The summed E-state index contributed by atoms with van der Waals surface area (Å²) in [4.78, 5) is 11.1. The molecule has 0 amide bonds. The first-order valence-corrected chi connectivity index (χ1v) is 9.11. The van der Waals surface area contributed by atoms with Crippen molar-refractivity contribution in [3.63, 3.8) is 0 Å². The molecule has 1 aromatic heterocycles. The molecule has 132 valence electrons. The van der Waals surface area contributed by atoms with Gasteiger partial charge in [-0.2, -0.15) is 0 Å². The van der Waals surface area contributed by atoms with Gasteiger partial charge in [-0.1, -0.05) is 0 Å². The standard InChI is InChI=1S/C18H27N3O3/c1-14-2-6-19-17(20-14)24-16-5-9-23-18(10-16)12-21(13-18)11-15-3-7-22-8-4-15/h2,6,15-16H,3-5,7-13H2,1H3/t16-/m1/s1. The molecule has 0 aliphatic carbocycles. The quantitative estimate of drug-likeness (QED) is 0.838. The Hall–Kier alpha value is -1.24. The maximum Gasteiger partial charge on any atom is 0.316 e. The molecule has 1 spiro atoms. The number of likely N-dealkylation sites (tertiary alicyclic amines) is 1. The Bertz CT molecular complexity index is 556. The number of hydrogen-bond donors (Lipinski definition) is 0. The van der Waals surface area contributed by atoms with Crippen LogP contribution in [0.5, 0.6) is 6.01 Å². The number of ether oxygens (including phenoxy) is 3. The smallest absolute Gasteiger partial charge is 0.316 e. The van der Waals surface area contributed by atoms with E-state index in [9.17, 15) is 0 Å². The van der Waals surface area contributed by atoms with Crippen molar-refractivity contribution in [2.45, 2.75) is 44.3 Å². The zero-order chi connectivity index (χ0) is 16.4. The molecule has 24 heavy (non-hydrogen) atoms. The number of hydrogen-bond acceptors (Lipinski definition) is 6. The van der Waals surface area contributed by atoms with E-state index in [4.69, 9.17) is 14.2 Å². The molecule has 3 aliphatic heterocycles. The lowest BCUT2D eigenvalue weighted by molar-refractivity contribution is -0.189. The third-order valence-electron chi connectivity index (χ3n) is 5.37. The van der Waals surface area contributed by atoms with Gasteiger partial charge < -0.3 is 14.2 Å². The van der Waals surface area contributed by atoms with Gasteiger partial charge in [-0.25, -0.2) is 9.97 Å². The number of aromatic nitrogens is 2.